The second-order valence-corrected chi connectivity index (χ2v) is 4.91. The predicted octanol–water partition coefficient (Wildman–Crippen LogP) is 0.820. The molecule has 1 aromatic carbocycles. The highest BCUT2D eigenvalue weighted by molar-refractivity contribution is 5.80. The van der Waals surface area contributed by atoms with Crippen LogP contribution in [-0.4, -0.2) is 37.1 Å². The molecule has 2 heterocycles. The summed E-state index contributed by atoms with van der Waals surface area (Å²) in [5, 5.41) is 9.40. The lowest BCUT2D eigenvalue weighted by molar-refractivity contribution is -0.122. The van der Waals surface area contributed by atoms with Crippen molar-refractivity contribution in [2.45, 2.75) is 13.0 Å². The Morgan fingerprint density at radius 2 is 2.00 bits per heavy atom. The fourth-order valence-electron chi connectivity index (χ4n) is 2.36. The summed E-state index contributed by atoms with van der Waals surface area (Å²) < 4.78 is 1.52. The summed E-state index contributed by atoms with van der Waals surface area (Å²) in [6.07, 6.45) is 3.13. The Balaban J connectivity index is 2.18. The Kier molecular flexibility index (Phi) is 3.56. The molecular weight excluding hydrogens is 282 g/mol. The van der Waals surface area contributed by atoms with Gasteiger partial charge in [-0.1, -0.05) is 12.1 Å². The van der Waals surface area contributed by atoms with Gasteiger partial charge in [0.2, 0.25) is 5.91 Å². The average molecular weight is 297 g/mol. The number of benzene rings is 1. The summed E-state index contributed by atoms with van der Waals surface area (Å²) in [5.74, 6) is -0.179. The van der Waals surface area contributed by atoms with Crippen LogP contribution in [0.15, 0.2) is 36.7 Å². The van der Waals surface area contributed by atoms with Gasteiger partial charge in [-0.3, -0.25) is 4.79 Å². The van der Waals surface area contributed by atoms with E-state index in [0.29, 0.717) is 17.2 Å². The summed E-state index contributed by atoms with van der Waals surface area (Å²) in [6, 6.07) is 6.63. The highest BCUT2D eigenvalue weighted by Crippen LogP contribution is 2.24. The van der Waals surface area contributed by atoms with E-state index < -0.39 is 18.6 Å². The smallest absolute Gasteiger partial charge is 0.242 e. The first-order valence-corrected chi connectivity index (χ1v) is 6.78. The minimum atomic E-state index is -0.884. The third-order valence-corrected chi connectivity index (χ3v) is 3.46. The molecule has 2 aromatic heterocycles. The zero-order chi connectivity index (χ0) is 15.7. The van der Waals surface area contributed by atoms with Crippen LogP contribution in [0.5, 0.6) is 0 Å². The molecule has 22 heavy (non-hydrogen) atoms. The van der Waals surface area contributed by atoms with Gasteiger partial charge in [0, 0.05) is 12.4 Å². The number of nitrogens with two attached hydrogens (primary N) is 1. The van der Waals surface area contributed by atoms with E-state index in [1.54, 1.807) is 6.20 Å². The first-order chi connectivity index (χ1) is 10.6. The van der Waals surface area contributed by atoms with Gasteiger partial charge in [-0.15, -0.1) is 0 Å². The minimum Gasteiger partial charge on any atom is -0.394 e. The number of primary amides is 1. The number of rotatable bonds is 4. The van der Waals surface area contributed by atoms with Crippen LogP contribution in [0.25, 0.3) is 22.6 Å². The van der Waals surface area contributed by atoms with Crippen molar-refractivity contribution < 1.29 is 9.90 Å². The maximum Gasteiger partial charge on any atom is 0.242 e. The molecular formula is C15H15N5O2. The molecule has 3 N–H and O–H groups in total. The SMILES string of the molecule is Cc1nc2ccccc2nc1-c1nccn1[C@@H](CO)C(N)=O. The van der Waals surface area contributed by atoms with Crippen molar-refractivity contribution in [3.8, 4) is 11.5 Å². The molecule has 1 amide bonds. The number of aromatic nitrogens is 4. The number of aryl methyl sites for hydroxylation is 1. The molecule has 0 fully saturated rings. The highest BCUT2D eigenvalue weighted by Gasteiger charge is 2.22. The molecule has 7 nitrogen and oxygen atoms in total. The number of hydrogen-bond acceptors (Lipinski definition) is 5. The third-order valence-electron chi connectivity index (χ3n) is 3.46. The predicted molar refractivity (Wildman–Crippen MR) is 80.8 cm³/mol. The number of carbonyl (C=O) groups excluding carboxylic acids is 1. The lowest BCUT2D eigenvalue weighted by Gasteiger charge is -2.15. The van der Waals surface area contributed by atoms with Gasteiger partial charge in [-0.2, -0.15) is 0 Å². The number of carbonyl (C=O) groups is 1. The van der Waals surface area contributed by atoms with E-state index in [2.05, 4.69) is 15.0 Å². The van der Waals surface area contributed by atoms with E-state index in [4.69, 9.17) is 5.73 Å². The van der Waals surface area contributed by atoms with Gasteiger partial charge in [0.25, 0.3) is 0 Å². The number of aliphatic hydroxyl groups excluding tert-OH is 1. The van der Waals surface area contributed by atoms with Crippen molar-refractivity contribution in [3.05, 3.63) is 42.4 Å². The number of hydrogen-bond donors (Lipinski definition) is 2. The Morgan fingerprint density at radius 1 is 1.32 bits per heavy atom. The number of amides is 1. The van der Waals surface area contributed by atoms with E-state index in [1.165, 1.54) is 10.8 Å². The number of para-hydroxylation sites is 2. The lowest BCUT2D eigenvalue weighted by atomic mass is 10.2. The third kappa shape index (κ3) is 2.31. The Morgan fingerprint density at radius 3 is 2.64 bits per heavy atom. The van der Waals surface area contributed by atoms with E-state index in [1.807, 2.05) is 31.2 Å². The van der Waals surface area contributed by atoms with Crippen LogP contribution in [-0.2, 0) is 4.79 Å². The van der Waals surface area contributed by atoms with Gasteiger partial charge in [0.1, 0.15) is 11.7 Å². The van der Waals surface area contributed by atoms with Gasteiger partial charge in [-0.25, -0.2) is 15.0 Å². The number of fused-ring (bicyclic) bond motifs is 1. The molecule has 0 radical (unpaired) electrons. The monoisotopic (exact) mass is 297 g/mol. The number of imidazole rings is 1. The average Bonchev–Trinajstić information content (AvgIpc) is 2.96. The minimum absolute atomic E-state index is 0.404. The number of aliphatic hydroxyl groups is 1. The van der Waals surface area contributed by atoms with Gasteiger partial charge >= 0.3 is 0 Å². The van der Waals surface area contributed by atoms with Crippen LogP contribution in [0.4, 0.5) is 0 Å². The topological polar surface area (TPSA) is 107 Å². The summed E-state index contributed by atoms with van der Waals surface area (Å²) in [5.41, 5.74) is 8.10. The van der Waals surface area contributed by atoms with Crippen molar-refractivity contribution in [1.82, 2.24) is 19.5 Å². The highest BCUT2D eigenvalue weighted by atomic mass is 16.3. The van der Waals surface area contributed by atoms with E-state index in [9.17, 15) is 9.90 Å². The summed E-state index contributed by atoms with van der Waals surface area (Å²) >= 11 is 0. The van der Waals surface area contributed by atoms with Gasteiger partial charge in [0.15, 0.2) is 5.82 Å². The fraction of sp³-hybridized carbons (Fsp3) is 0.200. The second-order valence-electron chi connectivity index (χ2n) is 4.91. The molecule has 0 saturated heterocycles. The van der Waals surface area contributed by atoms with Crippen LogP contribution >= 0.6 is 0 Å². The van der Waals surface area contributed by atoms with Gasteiger partial charge in [0.05, 0.1) is 23.3 Å². The molecule has 0 saturated carbocycles. The van der Waals surface area contributed by atoms with Crippen LogP contribution in [0.1, 0.15) is 11.7 Å². The molecule has 0 unspecified atom stereocenters. The number of nitrogens with zero attached hydrogens (tertiary/aromatic N) is 4. The Labute approximate surface area is 126 Å². The first kappa shape index (κ1) is 14.2. The van der Waals surface area contributed by atoms with Gasteiger partial charge < -0.3 is 15.4 Å². The van der Waals surface area contributed by atoms with E-state index in [0.717, 1.165) is 11.0 Å². The van der Waals surface area contributed by atoms with Crippen molar-refractivity contribution in [3.63, 3.8) is 0 Å². The quantitative estimate of drug-likeness (QED) is 0.741. The first-order valence-electron chi connectivity index (χ1n) is 6.78. The summed E-state index contributed by atoms with van der Waals surface area (Å²) in [4.78, 5) is 24.8. The molecule has 3 aromatic rings. The van der Waals surface area contributed by atoms with E-state index in [-0.39, 0.29) is 0 Å². The molecule has 0 bridgehead atoms. The van der Waals surface area contributed by atoms with Crippen LogP contribution in [0.2, 0.25) is 0 Å². The van der Waals surface area contributed by atoms with Crippen molar-refractivity contribution in [2.75, 3.05) is 6.61 Å². The molecule has 7 heteroatoms. The van der Waals surface area contributed by atoms with Crippen molar-refractivity contribution >= 4 is 16.9 Å². The van der Waals surface area contributed by atoms with Crippen molar-refractivity contribution in [2.24, 2.45) is 5.73 Å². The Hall–Kier alpha value is -2.80. The summed E-state index contributed by atoms with van der Waals surface area (Å²) in [6.45, 7) is 1.42. The fourth-order valence-corrected chi connectivity index (χ4v) is 2.36. The van der Waals surface area contributed by atoms with Gasteiger partial charge in [-0.05, 0) is 19.1 Å². The van der Waals surface area contributed by atoms with Crippen molar-refractivity contribution in [1.29, 1.82) is 0 Å². The maximum atomic E-state index is 11.5. The standard InChI is InChI=1S/C15H15N5O2/c1-9-13(19-11-5-3-2-4-10(11)18-9)15-17-6-7-20(15)12(8-21)14(16)22/h2-7,12,21H,8H2,1H3,(H2,16,22)/t12-/m0/s1. The zero-order valence-electron chi connectivity index (χ0n) is 12.0. The van der Waals surface area contributed by atoms with Crippen LogP contribution in [0.3, 0.4) is 0 Å². The lowest BCUT2D eigenvalue weighted by Crippen LogP contribution is -2.29. The molecule has 1 atom stereocenters. The van der Waals surface area contributed by atoms with E-state index >= 15 is 0 Å². The molecule has 3 rings (SSSR count). The zero-order valence-corrected chi connectivity index (χ0v) is 12.0. The Bertz CT molecular complexity index is 843. The van der Waals surface area contributed by atoms with Crippen LogP contribution in [0, 0.1) is 6.92 Å². The molecule has 112 valence electrons. The molecule has 0 aliphatic carbocycles. The molecule has 0 spiro atoms. The van der Waals surface area contributed by atoms with Crippen LogP contribution < -0.4 is 5.73 Å². The molecule has 0 aliphatic rings. The maximum absolute atomic E-state index is 11.5. The summed E-state index contributed by atoms with van der Waals surface area (Å²) in [7, 11) is 0. The second kappa shape index (κ2) is 5.53. The normalized spacial score (nSPS) is 12.5. The molecule has 0 aliphatic heterocycles. The largest absolute Gasteiger partial charge is 0.394 e.